The Hall–Kier alpha value is -1.70. The summed E-state index contributed by atoms with van der Waals surface area (Å²) >= 11 is 0. The van der Waals surface area contributed by atoms with E-state index in [0.717, 1.165) is 55.5 Å². The van der Waals surface area contributed by atoms with Crippen molar-refractivity contribution >= 4 is 40.0 Å². The maximum absolute atomic E-state index is 11.6. The molecule has 1 aliphatic rings. The van der Waals surface area contributed by atoms with Gasteiger partial charge in [0.1, 0.15) is 6.26 Å². The summed E-state index contributed by atoms with van der Waals surface area (Å²) in [5.41, 5.74) is 2.78. The smallest absolute Gasteiger partial charge is 0.215 e. The normalized spacial score (nSPS) is 15.7. The van der Waals surface area contributed by atoms with Gasteiger partial charge in [0, 0.05) is 52.4 Å². The third-order valence-electron chi connectivity index (χ3n) is 4.90. The lowest BCUT2D eigenvalue weighted by molar-refractivity contribution is 0.169. The van der Waals surface area contributed by atoms with Crippen LogP contribution in [0, 0.1) is 0 Å². The topological polar surface area (TPSA) is 103 Å². The first-order chi connectivity index (χ1) is 14.0. The van der Waals surface area contributed by atoms with Gasteiger partial charge in [-0.2, -0.15) is 0 Å². The Labute approximate surface area is 195 Å². The highest BCUT2D eigenvalue weighted by Crippen LogP contribution is 2.09. The molecule has 30 heavy (non-hydrogen) atoms. The number of piperazine rings is 1. The van der Waals surface area contributed by atoms with Crippen molar-refractivity contribution in [2.75, 3.05) is 40.3 Å². The van der Waals surface area contributed by atoms with Gasteiger partial charge in [-0.25, -0.2) is 13.1 Å². The predicted molar refractivity (Wildman–Crippen MR) is 127 cm³/mol. The first-order valence-electron chi connectivity index (χ1n) is 9.55. The van der Waals surface area contributed by atoms with E-state index in [9.17, 15) is 8.42 Å². The average molecular weight is 548 g/mol. The molecular weight excluding hydrogens is 519 g/mol. The minimum Gasteiger partial charge on any atom is -0.364 e. The monoisotopic (exact) mass is 548 g/mol. The molecule has 2 N–H and O–H groups in total. The molecular formula is C19H29IN6O3S. The summed E-state index contributed by atoms with van der Waals surface area (Å²) in [6, 6.07) is 9.47. The number of sulfonamides is 1. The summed E-state index contributed by atoms with van der Waals surface area (Å²) in [6.07, 6.45) is 1.60. The molecule has 1 fully saturated rings. The number of guanidine groups is 1. The SMILES string of the molecule is CN=C(NCc1ccc(CS(=O)(=O)NC)cc1)N1CCN(Cc2ccon2)CC1.I. The highest BCUT2D eigenvalue weighted by atomic mass is 127. The Morgan fingerprint density at radius 1 is 1.13 bits per heavy atom. The highest BCUT2D eigenvalue weighted by Gasteiger charge is 2.20. The zero-order valence-electron chi connectivity index (χ0n) is 17.2. The molecule has 9 nitrogen and oxygen atoms in total. The molecule has 2 heterocycles. The second-order valence-electron chi connectivity index (χ2n) is 6.93. The number of nitrogens with zero attached hydrogens (tertiary/aromatic N) is 4. The fourth-order valence-electron chi connectivity index (χ4n) is 3.22. The molecule has 0 saturated carbocycles. The molecule has 0 unspecified atom stereocenters. The summed E-state index contributed by atoms with van der Waals surface area (Å²) in [7, 11) is -0.0438. The molecule has 2 aromatic rings. The van der Waals surface area contributed by atoms with Crippen molar-refractivity contribution < 1.29 is 12.9 Å². The molecule has 1 saturated heterocycles. The van der Waals surface area contributed by atoms with E-state index in [1.807, 2.05) is 30.3 Å². The van der Waals surface area contributed by atoms with Crippen LogP contribution in [0.3, 0.4) is 0 Å². The lowest BCUT2D eigenvalue weighted by atomic mass is 10.1. The largest absolute Gasteiger partial charge is 0.364 e. The predicted octanol–water partition coefficient (Wildman–Crippen LogP) is 1.24. The van der Waals surface area contributed by atoms with E-state index in [-0.39, 0.29) is 29.7 Å². The Kier molecular flexibility index (Phi) is 9.52. The summed E-state index contributed by atoms with van der Waals surface area (Å²) < 4.78 is 30.5. The van der Waals surface area contributed by atoms with E-state index >= 15 is 0 Å². The number of rotatable bonds is 7. The van der Waals surface area contributed by atoms with Crippen molar-refractivity contribution in [3.8, 4) is 0 Å². The maximum Gasteiger partial charge on any atom is 0.215 e. The summed E-state index contributed by atoms with van der Waals surface area (Å²) in [4.78, 5) is 8.99. The van der Waals surface area contributed by atoms with Gasteiger partial charge < -0.3 is 14.7 Å². The van der Waals surface area contributed by atoms with E-state index in [1.165, 1.54) is 7.05 Å². The number of halogens is 1. The fraction of sp³-hybridized carbons (Fsp3) is 0.474. The first kappa shape index (κ1) is 24.6. The Bertz CT molecular complexity index is 895. The van der Waals surface area contributed by atoms with Crippen LogP contribution >= 0.6 is 24.0 Å². The Morgan fingerprint density at radius 3 is 2.37 bits per heavy atom. The molecule has 166 valence electrons. The van der Waals surface area contributed by atoms with Gasteiger partial charge in [0.15, 0.2) is 5.96 Å². The molecule has 3 rings (SSSR count). The number of aliphatic imine (C=N–C) groups is 1. The summed E-state index contributed by atoms with van der Waals surface area (Å²) in [5.74, 6) is 0.852. The van der Waals surface area contributed by atoms with Crippen LogP contribution in [0.5, 0.6) is 0 Å². The van der Waals surface area contributed by atoms with Crippen molar-refractivity contribution in [1.82, 2.24) is 25.0 Å². The number of aromatic nitrogens is 1. The van der Waals surface area contributed by atoms with E-state index < -0.39 is 10.0 Å². The lowest BCUT2D eigenvalue weighted by Crippen LogP contribution is -2.52. The van der Waals surface area contributed by atoms with Gasteiger partial charge >= 0.3 is 0 Å². The standard InChI is InChI=1S/C19H28N6O3S.HI/c1-20-19(25-10-8-24(9-11-25)14-18-7-12-28-23-18)22-13-16-3-5-17(6-4-16)15-29(26,27)21-2;/h3-7,12,21H,8-11,13-15H2,1-2H3,(H,20,22);1H. The molecule has 1 aliphatic heterocycles. The van der Waals surface area contributed by atoms with Gasteiger partial charge in [0.2, 0.25) is 10.0 Å². The third-order valence-corrected chi connectivity index (χ3v) is 6.24. The second kappa shape index (κ2) is 11.6. The van der Waals surface area contributed by atoms with E-state index in [0.29, 0.717) is 6.54 Å². The quantitative estimate of drug-likeness (QED) is 0.305. The van der Waals surface area contributed by atoms with Gasteiger partial charge in [-0.15, -0.1) is 24.0 Å². The van der Waals surface area contributed by atoms with Crippen molar-refractivity contribution in [2.24, 2.45) is 4.99 Å². The number of hydrogen-bond acceptors (Lipinski definition) is 6. The van der Waals surface area contributed by atoms with E-state index in [2.05, 4.69) is 30.0 Å². The number of nitrogens with one attached hydrogen (secondary N) is 2. The molecule has 0 atom stereocenters. The van der Waals surface area contributed by atoms with Crippen LogP contribution in [-0.4, -0.2) is 69.6 Å². The van der Waals surface area contributed by atoms with Crippen LogP contribution in [0.4, 0.5) is 0 Å². The van der Waals surface area contributed by atoms with E-state index in [1.54, 1.807) is 13.3 Å². The molecule has 1 aromatic carbocycles. The lowest BCUT2D eigenvalue weighted by Gasteiger charge is -2.36. The van der Waals surface area contributed by atoms with Crippen molar-refractivity contribution in [3.63, 3.8) is 0 Å². The highest BCUT2D eigenvalue weighted by molar-refractivity contribution is 14.0. The summed E-state index contributed by atoms with van der Waals surface area (Å²) in [5, 5.41) is 7.37. The Balaban J connectivity index is 0.00000320. The minimum absolute atomic E-state index is 0. The molecule has 0 aliphatic carbocycles. The van der Waals surface area contributed by atoms with Crippen molar-refractivity contribution in [1.29, 1.82) is 0 Å². The van der Waals surface area contributed by atoms with Gasteiger partial charge in [-0.05, 0) is 18.2 Å². The van der Waals surface area contributed by atoms with Gasteiger partial charge in [-0.1, -0.05) is 29.4 Å². The second-order valence-corrected chi connectivity index (χ2v) is 8.86. The van der Waals surface area contributed by atoms with E-state index in [4.69, 9.17) is 4.52 Å². The number of benzene rings is 1. The van der Waals surface area contributed by atoms with Gasteiger partial charge in [0.25, 0.3) is 0 Å². The maximum atomic E-state index is 11.6. The van der Waals surface area contributed by atoms with Gasteiger partial charge in [-0.3, -0.25) is 9.89 Å². The molecule has 0 spiro atoms. The first-order valence-corrected chi connectivity index (χ1v) is 11.2. The van der Waals surface area contributed by atoms with Crippen LogP contribution < -0.4 is 10.0 Å². The zero-order chi connectivity index (χ0) is 20.7. The number of hydrogen-bond donors (Lipinski definition) is 2. The molecule has 0 amide bonds. The van der Waals surface area contributed by atoms with Crippen LogP contribution in [0.15, 0.2) is 46.1 Å². The zero-order valence-corrected chi connectivity index (χ0v) is 20.4. The van der Waals surface area contributed by atoms with Crippen LogP contribution in [0.25, 0.3) is 0 Å². The summed E-state index contributed by atoms with van der Waals surface area (Å²) in [6.45, 7) is 5.07. The van der Waals surface area contributed by atoms with Gasteiger partial charge in [0.05, 0.1) is 11.4 Å². The van der Waals surface area contributed by atoms with Crippen molar-refractivity contribution in [3.05, 3.63) is 53.4 Å². The fourth-order valence-corrected chi connectivity index (χ4v) is 4.00. The third kappa shape index (κ3) is 7.22. The molecule has 1 aromatic heterocycles. The van der Waals surface area contributed by atoms with Crippen LogP contribution in [-0.2, 0) is 28.9 Å². The average Bonchev–Trinajstić information content (AvgIpc) is 3.23. The molecule has 0 bridgehead atoms. The molecule has 0 radical (unpaired) electrons. The Morgan fingerprint density at radius 2 is 1.80 bits per heavy atom. The molecule has 11 heteroatoms. The van der Waals surface area contributed by atoms with Crippen LogP contribution in [0.2, 0.25) is 0 Å². The minimum atomic E-state index is -3.26. The van der Waals surface area contributed by atoms with Crippen LogP contribution in [0.1, 0.15) is 16.8 Å². The van der Waals surface area contributed by atoms with Crippen molar-refractivity contribution in [2.45, 2.75) is 18.8 Å².